The normalized spacial score (nSPS) is 12.1. The predicted octanol–water partition coefficient (Wildman–Crippen LogP) is 5.11. The monoisotopic (exact) mass is 406 g/mol. The summed E-state index contributed by atoms with van der Waals surface area (Å²) in [7, 11) is -4.32. The Hall–Kier alpha value is -3.38. The molecule has 0 spiro atoms. The highest BCUT2D eigenvalue weighted by Gasteiger charge is 2.16. The van der Waals surface area contributed by atoms with Crippen molar-refractivity contribution in [3.05, 3.63) is 88.4 Å². The van der Waals surface area contributed by atoms with Crippen LogP contribution < -0.4 is 0 Å². The van der Waals surface area contributed by atoms with Crippen LogP contribution in [0.4, 0.5) is 5.69 Å². The molecule has 0 atom stereocenters. The van der Waals surface area contributed by atoms with E-state index in [9.17, 15) is 14.7 Å². The van der Waals surface area contributed by atoms with E-state index in [-0.39, 0.29) is 5.69 Å². The van der Waals surface area contributed by atoms with E-state index < -0.39 is 12.5 Å². The minimum absolute atomic E-state index is 0.0549. The summed E-state index contributed by atoms with van der Waals surface area (Å²) in [6.45, 7) is 0. The van der Waals surface area contributed by atoms with Crippen LogP contribution in [0.2, 0.25) is 0 Å². The van der Waals surface area contributed by atoms with E-state index in [4.69, 9.17) is 9.79 Å². The Balaban J connectivity index is 2.03. The summed E-state index contributed by atoms with van der Waals surface area (Å²) < 4.78 is 11.1. The number of benzene rings is 3. The summed E-state index contributed by atoms with van der Waals surface area (Å²) in [6.07, 6.45) is 1.24. The van der Waals surface area contributed by atoms with Crippen molar-refractivity contribution in [2.24, 2.45) is 0 Å². The standard InChI is InChI=1S/C21H15N2O5P/c24-23(25)17-12-15-8-9-16(10-11-29(26,27)28)22-21(15)20(13-17)19-7-3-5-14-4-1-2-6-18(14)19/h1-13H,(H2,26,27,28). The number of aromatic nitrogens is 1. The summed E-state index contributed by atoms with van der Waals surface area (Å²) in [5.74, 6) is 0.782. The van der Waals surface area contributed by atoms with Crippen LogP contribution in [0.3, 0.4) is 0 Å². The fourth-order valence-corrected chi connectivity index (χ4v) is 3.62. The predicted molar refractivity (Wildman–Crippen MR) is 112 cm³/mol. The molecule has 1 heterocycles. The SMILES string of the molecule is O=[N+]([O-])c1cc(-c2cccc3ccccc23)c2nc(C=CP(=O)(O)O)ccc2c1. The maximum Gasteiger partial charge on any atom is 0.349 e. The van der Waals surface area contributed by atoms with Gasteiger partial charge in [-0.25, -0.2) is 4.98 Å². The summed E-state index contributed by atoms with van der Waals surface area (Å²) in [4.78, 5) is 33.6. The van der Waals surface area contributed by atoms with Gasteiger partial charge in [-0.2, -0.15) is 0 Å². The minimum atomic E-state index is -4.32. The number of hydrogen-bond acceptors (Lipinski definition) is 4. The van der Waals surface area contributed by atoms with Gasteiger partial charge in [0.05, 0.1) is 16.1 Å². The van der Waals surface area contributed by atoms with Gasteiger partial charge in [0.2, 0.25) is 0 Å². The van der Waals surface area contributed by atoms with Crippen LogP contribution in [0.5, 0.6) is 0 Å². The Morgan fingerprint density at radius 2 is 1.69 bits per heavy atom. The number of pyridine rings is 1. The molecule has 0 aliphatic carbocycles. The lowest BCUT2D eigenvalue weighted by atomic mass is 9.95. The molecular formula is C21H15N2O5P. The van der Waals surface area contributed by atoms with E-state index in [1.165, 1.54) is 18.2 Å². The highest BCUT2D eigenvalue weighted by molar-refractivity contribution is 7.55. The molecule has 0 radical (unpaired) electrons. The van der Waals surface area contributed by atoms with Crippen LogP contribution in [0, 0.1) is 10.1 Å². The molecule has 1 aromatic heterocycles. The first-order valence-corrected chi connectivity index (χ1v) is 10.3. The summed E-state index contributed by atoms with van der Waals surface area (Å²) in [5, 5.41) is 13.9. The molecule has 144 valence electrons. The van der Waals surface area contributed by atoms with E-state index in [1.54, 1.807) is 12.1 Å². The third kappa shape index (κ3) is 3.93. The summed E-state index contributed by atoms with van der Waals surface area (Å²) in [5.41, 5.74) is 2.18. The average Bonchev–Trinajstić information content (AvgIpc) is 2.70. The van der Waals surface area contributed by atoms with Crippen LogP contribution in [0.1, 0.15) is 5.69 Å². The van der Waals surface area contributed by atoms with Crippen molar-refractivity contribution >= 4 is 41.0 Å². The molecule has 4 aromatic rings. The zero-order chi connectivity index (χ0) is 20.6. The summed E-state index contributed by atoms with van der Waals surface area (Å²) in [6, 6.07) is 19.6. The van der Waals surface area contributed by atoms with Gasteiger partial charge in [0, 0.05) is 28.9 Å². The Kier molecular flexibility index (Phi) is 4.72. The van der Waals surface area contributed by atoms with Gasteiger partial charge >= 0.3 is 7.60 Å². The highest BCUT2D eigenvalue weighted by Crippen LogP contribution is 2.38. The fourth-order valence-electron chi connectivity index (χ4n) is 3.27. The number of nitrogens with zero attached hydrogens (tertiary/aromatic N) is 2. The van der Waals surface area contributed by atoms with Gasteiger partial charge in [0.15, 0.2) is 0 Å². The van der Waals surface area contributed by atoms with Gasteiger partial charge < -0.3 is 9.79 Å². The Morgan fingerprint density at radius 3 is 2.45 bits per heavy atom. The van der Waals surface area contributed by atoms with Crippen molar-refractivity contribution in [2.45, 2.75) is 0 Å². The number of nitro benzene ring substituents is 1. The first kappa shape index (κ1) is 19.0. The topological polar surface area (TPSA) is 114 Å². The first-order chi connectivity index (χ1) is 13.8. The summed E-state index contributed by atoms with van der Waals surface area (Å²) >= 11 is 0. The first-order valence-electron chi connectivity index (χ1n) is 8.64. The lowest BCUT2D eigenvalue weighted by Gasteiger charge is -2.10. The van der Waals surface area contributed by atoms with Crippen molar-refractivity contribution in [3.63, 3.8) is 0 Å². The van der Waals surface area contributed by atoms with E-state index in [1.807, 2.05) is 42.5 Å². The molecule has 3 aromatic carbocycles. The second-order valence-electron chi connectivity index (χ2n) is 6.49. The second-order valence-corrected chi connectivity index (χ2v) is 7.97. The molecule has 0 saturated carbocycles. The van der Waals surface area contributed by atoms with Gasteiger partial charge in [0.25, 0.3) is 5.69 Å². The average molecular weight is 406 g/mol. The molecule has 0 unspecified atom stereocenters. The van der Waals surface area contributed by atoms with Gasteiger partial charge in [-0.3, -0.25) is 14.7 Å². The van der Waals surface area contributed by atoms with Crippen molar-refractivity contribution in [1.29, 1.82) is 0 Å². The number of non-ortho nitro benzene ring substituents is 1. The van der Waals surface area contributed by atoms with Gasteiger partial charge in [-0.05, 0) is 28.5 Å². The molecule has 0 saturated heterocycles. The van der Waals surface area contributed by atoms with Crippen LogP contribution in [-0.4, -0.2) is 19.7 Å². The van der Waals surface area contributed by atoms with Crippen LogP contribution in [-0.2, 0) is 4.57 Å². The lowest BCUT2D eigenvalue weighted by molar-refractivity contribution is -0.384. The Bertz CT molecular complexity index is 1340. The van der Waals surface area contributed by atoms with Crippen LogP contribution >= 0.6 is 7.60 Å². The smallest absolute Gasteiger partial charge is 0.321 e. The fraction of sp³-hybridized carbons (Fsp3) is 0. The largest absolute Gasteiger partial charge is 0.349 e. The molecule has 0 bridgehead atoms. The molecule has 0 amide bonds. The lowest BCUT2D eigenvalue weighted by Crippen LogP contribution is -1.94. The van der Waals surface area contributed by atoms with Crippen molar-refractivity contribution in [1.82, 2.24) is 4.98 Å². The van der Waals surface area contributed by atoms with Gasteiger partial charge in [-0.15, -0.1) is 0 Å². The zero-order valence-corrected chi connectivity index (χ0v) is 15.9. The molecular weight excluding hydrogens is 391 g/mol. The van der Waals surface area contributed by atoms with Gasteiger partial charge in [0.1, 0.15) is 0 Å². The van der Waals surface area contributed by atoms with Crippen molar-refractivity contribution in [3.8, 4) is 11.1 Å². The third-order valence-electron chi connectivity index (χ3n) is 4.53. The van der Waals surface area contributed by atoms with E-state index in [2.05, 4.69) is 4.98 Å². The molecule has 8 heteroatoms. The van der Waals surface area contributed by atoms with E-state index in [0.29, 0.717) is 22.2 Å². The maximum absolute atomic E-state index is 11.5. The number of fused-ring (bicyclic) bond motifs is 2. The number of nitro groups is 1. The second kappa shape index (κ2) is 7.22. The molecule has 29 heavy (non-hydrogen) atoms. The van der Waals surface area contributed by atoms with Crippen LogP contribution in [0.15, 0.2) is 72.5 Å². The molecule has 0 aliphatic heterocycles. The van der Waals surface area contributed by atoms with E-state index >= 15 is 0 Å². The molecule has 7 nitrogen and oxygen atoms in total. The number of rotatable bonds is 4. The molecule has 4 rings (SSSR count). The number of hydrogen-bond donors (Lipinski definition) is 2. The Morgan fingerprint density at radius 1 is 0.931 bits per heavy atom. The highest BCUT2D eigenvalue weighted by atomic mass is 31.2. The Labute approximate surface area is 165 Å². The van der Waals surface area contributed by atoms with Gasteiger partial charge in [-0.1, -0.05) is 48.5 Å². The molecule has 0 fully saturated rings. The van der Waals surface area contributed by atoms with Crippen molar-refractivity contribution < 1.29 is 19.3 Å². The molecule has 0 aliphatic rings. The van der Waals surface area contributed by atoms with Crippen molar-refractivity contribution in [2.75, 3.05) is 0 Å². The quantitative estimate of drug-likeness (QED) is 0.277. The molecule has 2 N–H and O–H groups in total. The van der Waals surface area contributed by atoms with Crippen LogP contribution in [0.25, 0.3) is 38.9 Å². The maximum atomic E-state index is 11.5. The zero-order valence-electron chi connectivity index (χ0n) is 15.0. The van der Waals surface area contributed by atoms with E-state index in [0.717, 1.165) is 22.2 Å². The third-order valence-corrected chi connectivity index (χ3v) is 5.07. The minimum Gasteiger partial charge on any atom is -0.321 e.